The molecule has 0 N–H and O–H groups in total. The summed E-state index contributed by atoms with van der Waals surface area (Å²) < 4.78 is 16.6. The summed E-state index contributed by atoms with van der Waals surface area (Å²) >= 11 is 0. The van der Waals surface area contributed by atoms with Crippen molar-refractivity contribution >= 4 is 128 Å². The van der Waals surface area contributed by atoms with Crippen LogP contribution in [0, 0.1) is 6.92 Å². The molecule has 119 heavy (non-hydrogen) atoms. The standard InChI is InChI=1S/C60H48N2O.C53H34N2O/c1-41-19-11-12-26-50(41)60(54-30-18-25-49-48-24-17-29-53(59(2,3)4)57(48)63-58(49)54)51-27-13-15-31-55(51)62(56-32-16-14-28-52(56)60)47-39-37-46(38-40-47)61(44-22-9-6-10-23-44)45-35-33-43(34-36-45)42-20-7-5-8-21-42;1-2-20-38-35(16-1)17-13-27-43(38)53(46-28-15-24-42-41-23-5-12-33-51(41)56-52(42)46)44-25-6-10-31-49(44)55(50-32-11-7-26-45(50)53)37-19-14-18-36(34-37)54-47-29-8-3-21-39(47)40-22-4-9-30-48(40)54/h5-40H,1-4H3;1-34H. The largest absolute Gasteiger partial charge is 0.456 e. The SMILES string of the molecule is Cc1ccccc1C1(c2cccc3c2oc2c(C(C)(C)C)cccc23)c2ccccc2N(c2ccc(N(c3ccccc3)c3ccc(-c4ccccc4)cc3)cc2)c2ccccc21.c1cc(N2c3ccccc3C(c3cccc4ccccc34)(c3cccc4c3oc3ccccc34)c3ccccc32)cc(-n2c3ccccc3c3ccccc32)c1. The molecule has 2 aliphatic rings. The topological polar surface area (TPSA) is 40.9 Å². The molecule has 23 rings (SSSR count). The minimum absolute atomic E-state index is 0.0908. The van der Waals surface area contributed by atoms with Crippen LogP contribution in [0.15, 0.2) is 433 Å². The molecule has 0 atom stereocenters. The van der Waals surface area contributed by atoms with Gasteiger partial charge in [-0.3, -0.25) is 0 Å². The molecule has 6 nitrogen and oxygen atoms in total. The van der Waals surface area contributed by atoms with Crippen LogP contribution in [0.1, 0.15) is 76.4 Å². The van der Waals surface area contributed by atoms with Gasteiger partial charge in [0.2, 0.25) is 0 Å². The normalized spacial score (nSPS) is 13.3. The van der Waals surface area contributed by atoms with Gasteiger partial charge in [0.15, 0.2) is 0 Å². The Bertz CT molecular complexity index is 7360. The maximum absolute atomic E-state index is 7.24. The fraction of sp³-hybridized carbons (Fsp3) is 0.0619. The van der Waals surface area contributed by atoms with Crippen molar-refractivity contribution in [1.29, 1.82) is 0 Å². The Kier molecular flexibility index (Phi) is 16.7. The number of anilines is 9. The van der Waals surface area contributed by atoms with Gasteiger partial charge in [0.1, 0.15) is 22.3 Å². The zero-order chi connectivity index (χ0) is 79.5. The third kappa shape index (κ3) is 11.1. The van der Waals surface area contributed by atoms with Crippen LogP contribution < -0.4 is 14.7 Å². The zero-order valence-corrected chi connectivity index (χ0v) is 66.5. The Balaban J connectivity index is 0.000000144. The van der Waals surface area contributed by atoms with Gasteiger partial charge in [-0.2, -0.15) is 0 Å². The Labute approximate surface area is 692 Å². The molecule has 0 saturated carbocycles. The molecule has 6 heteroatoms. The molecule has 18 aromatic carbocycles. The van der Waals surface area contributed by atoms with E-state index >= 15 is 0 Å². The molecule has 0 aliphatic carbocycles. The fourth-order valence-corrected chi connectivity index (χ4v) is 20.0. The van der Waals surface area contributed by atoms with E-state index in [2.05, 4.69) is 472 Å². The molecule has 0 unspecified atom stereocenters. The van der Waals surface area contributed by atoms with Crippen LogP contribution >= 0.6 is 0 Å². The molecule has 21 aromatic rings. The Hall–Kier alpha value is -15.0. The average molecular weight is 1530 g/mol. The van der Waals surface area contributed by atoms with Crippen molar-refractivity contribution < 1.29 is 8.83 Å². The van der Waals surface area contributed by atoms with Crippen molar-refractivity contribution in [2.24, 2.45) is 0 Å². The predicted octanol–water partition coefficient (Wildman–Crippen LogP) is 30.5. The van der Waals surface area contributed by atoms with Crippen molar-refractivity contribution in [3.63, 3.8) is 0 Å². The summed E-state index contributed by atoms with van der Waals surface area (Å²) in [6, 6.07) is 154. The maximum Gasteiger partial charge on any atom is 0.140 e. The molecular weight excluding hydrogens is 1450 g/mol. The first-order chi connectivity index (χ1) is 58.6. The Morgan fingerprint density at radius 1 is 0.261 bits per heavy atom. The molecule has 0 radical (unpaired) electrons. The third-order valence-corrected chi connectivity index (χ3v) is 25.0. The second kappa shape index (κ2) is 28.2. The molecule has 5 heterocycles. The summed E-state index contributed by atoms with van der Waals surface area (Å²) in [7, 11) is 0. The Morgan fingerprint density at radius 2 is 0.647 bits per heavy atom. The van der Waals surface area contributed by atoms with Gasteiger partial charge in [-0.1, -0.05) is 336 Å². The highest BCUT2D eigenvalue weighted by atomic mass is 16.3. The monoisotopic (exact) mass is 1530 g/mol. The molecule has 0 amide bonds. The van der Waals surface area contributed by atoms with E-state index in [9.17, 15) is 0 Å². The van der Waals surface area contributed by atoms with Crippen LogP contribution in [0.4, 0.5) is 51.2 Å². The number of aromatic nitrogens is 1. The highest BCUT2D eigenvalue weighted by Gasteiger charge is 2.51. The van der Waals surface area contributed by atoms with Crippen LogP contribution in [-0.4, -0.2) is 4.57 Å². The van der Waals surface area contributed by atoms with Crippen molar-refractivity contribution in [3.05, 3.63) is 480 Å². The highest BCUT2D eigenvalue weighted by Crippen LogP contribution is 2.63. The van der Waals surface area contributed by atoms with E-state index in [0.717, 1.165) is 112 Å². The van der Waals surface area contributed by atoms with E-state index < -0.39 is 10.8 Å². The smallest absolute Gasteiger partial charge is 0.140 e. The van der Waals surface area contributed by atoms with E-state index in [4.69, 9.17) is 8.83 Å². The van der Waals surface area contributed by atoms with Gasteiger partial charge in [-0.25, -0.2) is 0 Å². The van der Waals surface area contributed by atoms with Crippen LogP contribution in [0.5, 0.6) is 0 Å². The quantitative estimate of drug-likeness (QED) is 0.129. The summed E-state index contributed by atoms with van der Waals surface area (Å²) in [6.45, 7) is 9.04. The molecule has 0 bridgehead atoms. The van der Waals surface area contributed by atoms with E-state index in [0.29, 0.717) is 0 Å². The minimum atomic E-state index is -0.734. The van der Waals surface area contributed by atoms with Crippen LogP contribution in [0.2, 0.25) is 0 Å². The summed E-state index contributed by atoms with van der Waals surface area (Å²) in [5, 5.41) is 9.45. The van der Waals surface area contributed by atoms with Crippen molar-refractivity contribution in [3.8, 4) is 16.8 Å². The second-order valence-corrected chi connectivity index (χ2v) is 32.6. The second-order valence-electron chi connectivity index (χ2n) is 32.6. The number of para-hydroxylation sites is 11. The van der Waals surface area contributed by atoms with Gasteiger partial charge in [-0.05, 0) is 182 Å². The van der Waals surface area contributed by atoms with Gasteiger partial charge >= 0.3 is 0 Å². The lowest BCUT2D eigenvalue weighted by Crippen LogP contribution is -2.38. The fourth-order valence-electron chi connectivity index (χ4n) is 20.0. The van der Waals surface area contributed by atoms with Crippen LogP contribution in [0.3, 0.4) is 0 Å². The first kappa shape index (κ1) is 70.6. The number of rotatable bonds is 11. The van der Waals surface area contributed by atoms with E-state index in [1.165, 1.54) is 88.2 Å². The lowest BCUT2D eigenvalue weighted by Gasteiger charge is -2.46. The van der Waals surface area contributed by atoms with Gasteiger partial charge in [0, 0.05) is 83.1 Å². The van der Waals surface area contributed by atoms with E-state index in [1.54, 1.807) is 0 Å². The molecule has 0 spiro atoms. The number of nitrogens with zero attached hydrogens (tertiary/aromatic N) is 4. The maximum atomic E-state index is 7.24. The number of furan rings is 2. The molecular formula is C113H82N4O2. The van der Waals surface area contributed by atoms with Gasteiger partial charge in [0.05, 0.1) is 44.6 Å². The van der Waals surface area contributed by atoms with Crippen molar-refractivity contribution in [1.82, 2.24) is 4.57 Å². The predicted molar refractivity (Wildman–Crippen MR) is 496 cm³/mol. The average Bonchev–Trinajstić information content (AvgIpc) is 1.54. The van der Waals surface area contributed by atoms with Gasteiger partial charge in [-0.15, -0.1) is 0 Å². The molecule has 3 aromatic heterocycles. The third-order valence-electron chi connectivity index (χ3n) is 25.0. The number of hydrogen-bond acceptors (Lipinski definition) is 5. The molecule has 0 saturated heterocycles. The minimum Gasteiger partial charge on any atom is -0.456 e. The number of aryl methyl sites for hydroxylation is 1. The van der Waals surface area contributed by atoms with E-state index in [-0.39, 0.29) is 5.41 Å². The van der Waals surface area contributed by atoms with Crippen molar-refractivity contribution in [2.45, 2.75) is 43.9 Å². The van der Waals surface area contributed by atoms with Gasteiger partial charge in [0.25, 0.3) is 0 Å². The molecule has 566 valence electrons. The number of hydrogen-bond donors (Lipinski definition) is 0. The van der Waals surface area contributed by atoms with Crippen LogP contribution in [-0.2, 0) is 16.2 Å². The summed E-state index contributed by atoms with van der Waals surface area (Å²) in [6.07, 6.45) is 0. The zero-order valence-electron chi connectivity index (χ0n) is 66.5. The lowest BCUT2D eigenvalue weighted by atomic mass is 9.61. The number of fused-ring (bicyclic) bond motifs is 14. The lowest BCUT2D eigenvalue weighted by molar-refractivity contribution is 0.570. The van der Waals surface area contributed by atoms with Crippen molar-refractivity contribution in [2.75, 3.05) is 14.7 Å². The molecule has 2 aliphatic heterocycles. The molecule has 0 fully saturated rings. The summed E-state index contributed by atoms with van der Waals surface area (Å²) in [5.41, 5.74) is 30.0. The first-order valence-electron chi connectivity index (χ1n) is 41.2. The van der Waals surface area contributed by atoms with E-state index in [1.807, 2.05) is 0 Å². The summed E-state index contributed by atoms with van der Waals surface area (Å²) in [4.78, 5) is 7.24. The first-order valence-corrected chi connectivity index (χ1v) is 41.2. The Morgan fingerprint density at radius 3 is 1.24 bits per heavy atom. The van der Waals surface area contributed by atoms with Crippen LogP contribution in [0.25, 0.3) is 93.3 Å². The van der Waals surface area contributed by atoms with Gasteiger partial charge < -0.3 is 28.1 Å². The summed E-state index contributed by atoms with van der Waals surface area (Å²) in [5.74, 6) is 0. The highest BCUT2D eigenvalue weighted by molar-refractivity contribution is 6.12. The number of benzene rings is 18.